The van der Waals surface area contributed by atoms with Crippen molar-refractivity contribution in [3.63, 3.8) is 0 Å². The lowest BCUT2D eigenvalue weighted by molar-refractivity contribution is 0.474. The summed E-state index contributed by atoms with van der Waals surface area (Å²) in [5, 5.41) is 10.0. The Morgan fingerprint density at radius 2 is 2.00 bits per heavy atom. The van der Waals surface area contributed by atoms with Gasteiger partial charge in [0.1, 0.15) is 5.82 Å². The lowest BCUT2D eigenvalue weighted by atomic mass is 10.1. The van der Waals surface area contributed by atoms with Crippen molar-refractivity contribution in [3.05, 3.63) is 53.6 Å². The van der Waals surface area contributed by atoms with E-state index in [9.17, 15) is 4.39 Å². The van der Waals surface area contributed by atoms with E-state index in [1.165, 1.54) is 6.07 Å². The van der Waals surface area contributed by atoms with Gasteiger partial charge in [-0.15, -0.1) is 0 Å². The molecule has 2 N–H and O–H groups in total. The van der Waals surface area contributed by atoms with Gasteiger partial charge in [-0.05, 0) is 19.9 Å². The van der Waals surface area contributed by atoms with Gasteiger partial charge in [0.05, 0.1) is 6.20 Å². The molecule has 0 radical (unpaired) electrons. The van der Waals surface area contributed by atoms with Crippen molar-refractivity contribution in [2.45, 2.75) is 25.9 Å². The van der Waals surface area contributed by atoms with Gasteiger partial charge >= 0.3 is 0 Å². The monoisotopic (exact) mass is 233 g/mol. The van der Waals surface area contributed by atoms with E-state index in [1.807, 2.05) is 26.1 Å². The number of nitrogens with zero attached hydrogens (tertiary/aromatic N) is 1. The first-order valence-electron chi connectivity index (χ1n) is 5.67. The van der Waals surface area contributed by atoms with E-state index in [4.69, 9.17) is 0 Å². The molecule has 1 heterocycles. The van der Waals surface area contributed by atoms with Gasteiger partial charge in [-0.25, -0.2) is 4.39 Å². The molecule has 2 rings (SSSR count). The van der Waals surface area contributed by atoms with E-state index >= 15 is 0 Å². The molecule has 1 aromatic heterocycles. The summed E-state index contributed by atoms with van der Waals surface area (Å²) in [6.07, 6.45) is 3.61. The fourth-order valence-electron chi connectivity index (χ4n) is 1.88. The Labute approximate surface area is 100 Å². The van der Waals surface area contributed by atoms with Crippen LogP contribution < -0.4 is 5.32 Å². The Hall–Kier alpha value is -1.68. The predicted octanol–water partition coefficient (Wildman–Crippen LogP) is 2.96. The average molecular weight is 233 g/mol. The van der Waals surface area contributed by atoms with E-state index in [2.05, 4.69) is 15.5 Å². The molecule has 0 fully saturated rings. The predicted molar refractivity (Wildman–Crippen MR) is 65.0 cm³/mol. The molecule has 0 bridgehead atoms. The molecule has 4 heteroatoms. The lowest BCUT2D eigenvalue weighted by Crippen LogP contribution is -2.22. The second kappa shape index (κ2) is 5.10. The first-order chi connectivity index (χ1) is 8.18. The van der Waals surface area contributed by atoms with E-state index in [0.29, 0.717) is 5.56 Å². The smallest absolute Gasteiger partial charge is 0.127 e. The Morgan fingerprint density at radius 1 is 1.24 bits per heavy atom. The van der Waals surface area contributed by atoms with Crippen molar-refractivity contribution in [1.29, 1.82) is 0 Å². The number of nitrogens with one attached hydrogen (secondary N) is 2. The number of aromatic nitrogens is 2. The van der Waals surface area contributed by atoms with Crippen LogP contribution in [0, 0.1) is 5.82 Å². The fourth-order valence-corrected chi connectivity index (χ4v) is 1.88. The zero-order valence-electron chi connectivity index (χ0n) is 9.94. The molecule has 0 saturated carbocycles. The molecular weight excluding hydrogens is 217 g/mol. The maximum atomic E-state index is 13.6. The molecule has 0 aliphatic heterocycles. The van der Waals surface area contributed by atoms with Crippen LogP contribution in [0.4, 0.5) is 4.39 Å². The van der Waals surface area contributed by atoms with Crippen molar-refractivity contribution in [2.24, 2.45) is 0 Å². The van der Waals surface area contributed by atoms with E-state index in [0.717, 1.165) is 5.56 Å². The molecule has 0 saturated heterocycles. The molecule has 3 nitrogen and oxygen atoms in total. The molecule has 17 heavy (non-hydrogen) atoms. The molecule has 0 spiro atoms. The molecule has 0 aliphatic rings. The Kier molecular flexibility index (Phi) is 3.54. The highest BCUT2D eigenvalue weighted by Crippen LogP contribution is 2.20. The summed E-state index contributed by atoms with van der Waals surface area (Å²) in [6.45, 7) is 3.98. The molecule has 1 aromatic carbocycles. The number of aromatic amines is 1. The lowest BCUT2D eigenvalue weighted by Gasteiger charge is -2.19. The maximum absolute atomic E-state index is 13.6. The van der Waals surface area contributed by atoms with Crippen LogP contribution in [0.1, 0.15) is 37.1 Å². The summed E-state index contributed by atoms with van der Waals surface area (Å²) < 4.78 is 13.6. The number of halogens is 1. The van der Waals surface area contributed by atoms with E-state index in [-0.39, 0.29) is 17.9 Å². The molecule has 90 valence electrons. The molecule has 0 amide bonds. The quantitative estimate of drug-likeness (QED) is 0.852. The topological polar surface area (TPSA) is 40.7 Å². The second-order valence-corrected chi connectivity index (χ2v) is 4.16. The Morgan fingerprint density at radius 3 is 2.65 bits per heavy atom. The maximum Gasteiger partial charge on any atom is 0.127 e. The summed E-state index contributed by atoms with van der Waals surface area (Å²) in [6, 6.07) is 6.92. The summed E-state index contributed by atoms with van der Waals surface area (Å²) in [5.41, 5.74) is 1.75. The number of rotatable bonds is 4. The van der Waals surface area contributed by atoms with Crippen LogP contribution >= 0.6 is 0 Å². The first-order valence-corrected chi connectivity index (χ1v) is 5.67. The van der Waals surface area contributed by atoms with Gasteiger partial charge in [-0.2, -0.15) is 5.10 Å². The van der Waals surface area contributed by atoms with Crippen molar-refractivity contribution in [1.82, 2.24) is 15.5 Å². The third kappa shape index (κ3) is 2.71. The van der Waals surface area contributed by atoms with Crippen molar-refractivity contribution < 1.29 is 4.39 Å². The average Bonchev–Trinajstić information content (AvgIpc) is 2.82. The third-order valence-electron chi connectivity index (χ3n) is 2.89. The van der Waals surface area contributed by atoms with Gasteiger partial charge in [0, 0.05) is 29.4 Å². The van der Waals surface area contributed by atoms with Crippen LogP contribution in [-0.4, -0.2) is 10.2 Å². The number of hydrogen-bond donors (Lipinski definition) is 2. The summed E-state index contributed by atoms with van der Waals surface area (Å²) in [5.74, 6) is -0.174. The fraction of sp³-hybridized carbons (Fsp3) is 0.308. The Bertz CT molecular complexity index is 467. The van der Waals surface area contributed by atoms with Gasteiger partial charge in [-0.1, -0.05) is 18.2 Å². The second-order valence-electron chi connectivity index (χ2n) is 4.16. The van der Waals surface area contributed by atoms with Crippen LogP contribution in [0.5, 0.6) is 0 Å². The van der Waals surface area contributed by atoms with E-state index < -0.39 is 0 Å². The SMILES string of the molecule is CC(NC(C)c1ccccc1F)c1cn[nH]c1. The number of H-pyrrole nitrogens is 1. The van der Waals surface area contributed by atoms with Crippen LogP contribution in [0.2, 0.25) is 0 Å². The minimum absolute atomic E-state index is 0.0406. The molecule has 2 aromatic rings. The van der Waals surface area contributed by atoms with Gasteiger partial charge in [0.25, 0.3) is 0 Å². The van der Waals surface area contributed by atoms with E-state index in [1.54, 1.807) is 18.3 Å². The largest absolute Gasteiger partial charge is 0.303 e. The van der Waals surface area contributed by atoms with Crippen molar-refractivity contribution in [2.75, 3.05) is 0 Å². The minimum Gasteiger partial charge on any atom is -0.303 e. The highest BCUT2D eigenvalue weighted by atomic mass is 19.1. The highest BCUT2D eigenvalue weighted by Gasteiger charge is 2.14. The minimum atomic E-state index is -0.174. The molecule has 2 unspecified atom stereocenters. The van der Waals surface area contributed by atoms with Crippen LogP contribution in [0.3, 0.4) is 0 Å². The van der Waals surface area contributed by atoms with Crippen LogP contribution in [-0.2, 0) is 0 Å². The Balaban J connectivity index is 2.07. The standard InChI is InChI=1S/C13H16FN3/c1-9(11-7-15-16-8-11)17-10(2)12-5-3-4-6-13(12)14/h3-10,17H,1-2H3,(H,15,16). The molecule has 2 atom stereocenters. The van der Waals surface area contributed by atoms with Crippen molar-refractivity contribution >= 4 is 0 Å². The van der Waals surface area contributed by atoms with Crippen LogP contribution in [0.25, 0.3) is 0 Å². The number of hydrogen-bond acceptors (Lipinski definition) is 2. The summed E-state index contributed by atoms with van der Waals surface area (Å²) in [4.78, 5) is 0. The van der Waals surface area contributed by atoms with Gasteiger partial charge in [0.15, 0.2) is 0 Å². The summed E-state index contributed by atoms with van der Waals surface area (Å²) in [7, 11) is 0. The normalized spacial score (nSPS) is 14.5. The molecular formula is C13H16FN3. The molecule has 0 aliphatic carbocycles. The van der Waals surface area contributed by atoms with Gasteiger partial charge in [0.2, 0.25) is 0 Å². The zero-order chi connectivity index (χ0) is 12.3. The van der Waals surface area contributed by atoms with Crippen LogP contribution in [0.15, 0.2) is 36.7 Å². The third-order valence-corrected chi connectivity index (χ3v) is 2.89. The zero-order valence-corrected chi connectivity index (χ0v) is 9.94. The van der Waals surface area contributed by atoms with Gasteiger partial charge < -0.3 is 5.32 Å². The summed E-state index contributed by atoms with van der Waals surface area (Å²) >= 11 is 0. The van der Waals surface area contributed by atoms with Gasteiger partial charge in [-0.3, -0.25) is 5.10 Å². The number of benzene rings is 1. The highest BCUT2D eigenvalue weighted by molar-refractivity contribution is 5.21. The van der Waals surface area contributed by atoms with Crippen molar-refractivity contribution in [3.8, 4) is 0 Å². The first kappa shape index (κ1) is 11.8.